The Hall–Kier alpha value is -0.320. The molecular formula is C12H16O2S2. The van der Waals surface area contributed by atoms with Gasteiger partial charge in [0.05, 0.1) is 6.26 Å². The Morgan fingerprint density at radius 1 is 1.50 bits per heavy atom. The second kappa shape index (κ2) is 5.34. The Bertz CT molecular complexity index is 340. The van der Waals surface area contributed by atoms with E-state index >= 15 is 0 Å². The highest BCUT2D eigenvalue weighted by Crippen LogP contribution is 2.53. The fourth-order valence-corrected chi connectivity index (χ4v) is 5.01. The summed E-state index contributed by atoms with van der Waals surface area (Å²) < 4.78 is 5.16. The molecule has 0 aliphatic carbocycles. The van der Waals surface area contributed by atoms with Crippen molar-refractivity contribution >= 4 is 23.5 Å². The van der Waals surface area contributed by atoms with Gasteiger partial charge in [-0.1, -0.05) is 12.2 Å². The fraction of sp³-hybridized carbons (Fsp3) is 0.500. The molecule has 0 saturated carbocycles. The van der Waals surface area contributed by atoms with Gasteiger partial charge in [-0.05, 0) is 37.0 Å². The van der Waals surface area contributed by atoms with Crippen LogP contribution >= 0.6 is 23.5 Å². The molecule has 0 spiro atoms. The first kappa shape index (κ1) is 12.1. The van der Waals surface area contributed by atoms with E-state index in [1.54, 1.807) is 29.8 Å². The van der Waals surface area contributed by atoms with Gasteiger partial charge in [0.1, 0.15) is 15.9 Å². The molecule has 2 nitrogen and oxygen atoms in total. The number of aliphatic hydroxyl groups excluding tert-OH is 1. The number of rotatable bonds is 3. The Labute approximate surface area is 104 Å². The van der Waals surface area contributed by atoms with Crippen molar-refractivity contribution in [3.63, 3.8) is 0 Å². The molecule has 1 aliphatic heterocycles. The van der Waals surface area contributed by atoms with Crippen LogP contribution in [0.25, 0.3) is 0 Å². The Morgan fingerprint density at radius 3 is 2.81 bits per heavy atom. The van der Waals surface area contributed by atoms with E-state index in [0.717, 1.165) is 17.3 Å². The topological polar surface area (TPSA) is 33.4 Å². The third-order valence-corrected chi connectivity index (χ3v) is 5.99. The van der Waals surface area contributed by atoms with E-state index < -0.39 is 6.10 Å². The van der Waals surface area contributed by atoms with Crippen LogP contribution in [-0.4, -0.2) is 22.7 Å². The molecular weight excluding hydrogens is 240 g/mol. The minimum absolute atomic E-state index is 0.353. The average Bonchev–Trinajstić information content (AvgIpc) is 2.84. The number of thioether (sulfide) groups is 2. The maximum Gasteiger partial charge on any atom is 0.148 e. The minimum Gasteiger partial charge on any atom is -0.467 e. The molecule has 1 aromatic rings. The van der Waals surface area contributed by atoms with E-state index in [1.807, 2.05) is 31.2 Å². The molecule has 0 radical (unpaired) electrons. The van der Waals surface area contributed by atoms with Gasteiger partial charge in [-0.25, -0.2) is 0 Å². The lowest BCUT2D eigenvalue weighted by Gasteiger charge is -2.36. The molecule has 4 heteroatoms. The first-order chi connectivity index (χ1) is 7.79. The van der Waals surface area contributed by atoms with Gasteiger partial charge < -0.3 is 9.52 Å². The third kappa shape index (κ3) is 2.19. The Morgan fingerprint density at radius 2 is 2.25 bits per heavy atom. The fourth-order valence-electron chi connectivity index (χ4n) is 1.79. The molecule has 1 fully saturated rings. The van der Waals surface area contributed by atoms with Gasteiger partial charge in [0.15, 0.2) is 0 Å². The molecule has 0 unspecified atom stereocenters. The van der Waals surface area contributed by atoms with Gasteiger partial charge in [0, 0.05) is 0 Å². The van der Waals surface area contributed by atoms with E-state index in [9.17, 15) is 5.11 Å². The van der Waals surface area contributed by atoms with Gasteiger partial charge in [-0.2, -0.15) is 0 Å². The summed E-state index contributed by atoms with van der Waals surface area (Å²) in [6.45, 7) is 1.93. The number of allylic oxidation sites excluding steroid dienone is 1. The molecule has 0 aromatic carbocycles. The lowest BCUT2D eigenvalue weighted by molar-refractivity contribution is 0.198. The first-order valence-electron chi connectivity index (χ1n) is 5.42. The Balaban J connectivity index is 2.31. The molecule has 1 saturated heterocycles. The molecule has 2 rings (SSSR count). The summed E-state index contributed by atoms with van der Waals surface area (Å²) in [5, 5.41) is 10.3. The second-order valence-corrected chi connectivity index (χ2v) is 6.61. The van der Waals surface area contributed by atoms with Crippen molar-refractivity contribution in [3.05, 3.63) is 36.3 Å². The molecule has 0 bridgehead atoms. The van der Waals surface area contributed by atoms with Crippen molar-refractivity contribution in [3.8, 4) is 0 Å². The lowest BCUT2D eigenvalue weighted by atomic mass is 10.2. The Kier molecular flexibility index (Phi) is 4.05. The quantitative estimate of drug-likeness (QED) is 0.842. The summed E-state index contributed by atoms with van der Waals surface area (Å²) in [6, 6.07) is 3.84. The summed E-state index contributed by atoms with van der Waals surface area (Å²) in [5.74, 6) is 3.01. The SMILES string of the molecule is C/C=C/[C@H](O)C1(c2ccco2)SCCCS1. The number of aliphatic hydroxyl groups is 1. The summed E-state index contributed by atoms with van der Waals surface area (Å²) in [7, 11) is 0. The van der Waals surface area contributed by atoms with Crippen molar-refractivity contribution in [1.82, 2.24) is 0 Å². The van der Waals surface area contributed by atoms with Crippen molar-refractivity contribution in [2.75, 3.05) is 11.5 Å². The van der Waals surface area contributed by atoms with Crippen LogP contribution in [-0.2, 0) is 4.08 Å². The highest BCUT2D eigenvalue weighted by Gasteiger charge is 2.43. The normalized spacial score (nSPS) is 22.4. The molecule has 16 heavy (non-hydrogen) atoms. The smallest absolute Gasteiger partial charge is 0.148 e. The van der Waals surface area contributed by atoms with E-state index in [2.05, 4.69) is 0 Å². The summed E-state index contributed by atoms with van der Waals surface area (Å²) >= 11 is 3.57. The molecule has 1 N–H and O–H groups in total. The molecule has 88 valence electrons. The van der Waals surface area contributed by atoms with Crippen LogP contribution in [0.2, 0.25) is 0 Å². The van der Waals surface area contributed by atoms with Crippen LogP contribution in [0.1, 0.15) is 19.1 Å². The molecule has 1 atom stereocenters. The van der Waals surface area contributed by atoms with Gasteiger partial charge in [-0.3, -0.25) is 0 Å². The highest BCUT2D eigenvalue weighted by atomic mass is 32.2. The van der Waals surface area contributed by atoms with Gasteiger partial charge >= 0.3 is 0 Å². The number of furan rings is 1. The van der Waals surface area contributed by atoms with E-state index in [1.165, 1.54) is 6.42 Å². The third-order valence-electron chi connectivity index (χ3n) is 2.55. The van der Waals surface area contributed by atoms with Gasteiger partial charge in [-0.15, -0.1) is 23.5 Å². The van der Waals surface area contributed by atoms with Crippen LogP contribution in [0.4, 0.5) is 0 Å². The molecule has 1 aliphatic rings. The zero-order valence-electron chi connectivity index (χ0n) is 9.26. The highest BCUT2D eigenvalue weighted by molar-refractivity contribution is 8.18. The van der Waals surface area contributed by atoms with Crippen molar-refractivity contribution in [2.24, 2.45) is 0 Å². The van der Waals surface area contributed by atoms with Gasteiger partial charge in [0.2, 0.25) is 0 Å². The standard InChI is InChI=1S/C12H16O2S2/c1-2-5-10(13)12(11-6-3-7-14-11)15-8-4-9-16-12/h2-3,5-7,10,13H,4,8-9H2,1H3/b5-2+/t10-/m0/s1. The summed E-state index contributed by atoms with van der Waals surface area (Å²) in [5.41, 5.74) is 0. The maximum absolute atomic E-state index is 10.3. The maximum atomic E-state index is 10.3. The van der Waals surface area contributed by atoms with E-state index in [0.29, 0.717) is 0 Å². The van der Waals surface area contributed by atoms with E-state index in [4.69, 9.17) is 4.42 Å². The molecule has 2 heterocycles. The first-order valence-corrected chi connectivity index (χ1v) is 7.39. The lowest BCUT2D eigenvalue weighted by Crippen LogP contribution is -2.34. The monoisotopic (exact) mass is 256 g/mol. The van der Waals surface area contributed by atoms with Crippen LogP contribution in [0.5, 0.6) is 0 Å². The van der Waals surface area contributed by atoms with E-state index in [-0.39, 0.29) is 4.08 Å². The summed E-state index contributed by atoms with van der Waals surface area (Å²) in [4.78, 5) is 0. The van der Waals surface area contributed by atoms with Crippen LogP contribution in [0.15, 0.2) is 35.0 Å². The van der Waals surface area contributed by atoms with Crippen LogP contribution in [0.3, 0.4) is 0 Å². The average molecular weight is 256 g/mol. The predicted octanol–water partition coefficient (Wildman–Crippen LogP) is 3.24. The van der Waals surface area contributed by atoms with Crippen molar-refractivity contribution in [2.45, 2.75) is 23.5 Å². The van der Waals surface area contributed by atoms with Crippen molar-refractivity contribution in [1.29, 1.82) is 0 Å². The number of hydrogen-bond acceptors (Lipinski definition) is 4. The molecule has 0 amide bonds. The van der Waals surface area contributed by atoms with Gasteiger partial charge in [0.25, 0.3) is 0 Å². The van der Waals surface area contributed by atoms with Crippen LogP contribution < -0.4 is 0 Å². The largest absolute Gasteiger partial charge is 0.467 e. The zero-order chi connectivity index (χ0) is 11.4. The number of hydrogen-bond donors (Lipinski definition) is 1. The minimum atomic E-state index is -0.501. The second-order valence-electron chi connectivity index (χ2n) is 3.67. The summed E-state index contributed by atoms with van der Waals surface area (Å²) in [6.07, 6.45) is 6.10. The van der Waals surface area contributed by atoms with Crippen LogP contribution in [0, 0.1) is 0 Å². The predicted molar refractivity (Wildman–Crippen MR) is 70.7 cm³/mol. The molecule has 1 aromatic heterocycles. The van der Waals surface area contributed by atoms with Crippen molar-refractivity contribution < 1.29 is 9.52 Å². The zero-order valence-corrected chi connectivity index (χ0v) is 10.9.